The first kappa shape index (κ1) is 15.1. The van der Waals surface area contributed by atoms with E-state index < -0.39 is 6.09 Å². The molecule has 6 heteroatoms. The second kappa shape index (κ2) is 5.87. The first-order valence-corrected chi connectivity index (χ1v) is 8.50. The van der Waals surface area contributed by atoms with Crippen molar-refractivity contribution >= 4 is 23.6 Å². The molecule has 1 amide bonds. The van der Waals surface area contributed by atoms with E-state index in [-0.39, 0.29) is 0 Å². The van der Waals surface area contributed by atoms with Gasteiger partial charge in [-0.3, -0.25) is 4.98 Å². The second-order valence-electron chi connectivity index (χ2n) is 5.76. The van der Waals surface area contributed by atoms with Gasteiger partial charge in [0.05, 0.1) is 13.2 Å². The van der Waals surface area contributed by atoms with E-state index in [2.05, 4.69) is 11.1 Å². The van der Waals surface area contributed by atoms with Crippen LogP contribution in [-0.4, -0.2) is 33.6 Å². The molecule has 0 bridgehead atoms. The van der Waals surface area contributed by atoms with E-state index in [1.54, 1.807) is 6.20 Å². The maximum atomic E-state index is 11.3. The summed E-state index contributed by atoms with van der Waals surface area (Å²) in [4.78, 5) is 16.7. The summed E-state index contributed by atoms with van der Waals surface area (Å²) in [5.74, 6) is 0.818. The van der Waals surface area contributed by atoms with E-state index in [0.29, 0.717) is 13.2 Å². The Kier molecular flexibility index (Phi) is 3.69. The van der Waals surface area contributed by atoms with Gasteiger partial charge < -0.3 is 9.84 Å². The molecule has 5 nitrogen and oxygen atoms in total. The normalized spacial score (nSPS) is 16.3. The van der Waals surface area contributed by atoms with Crippen LogP contribution in [0.15, 0.2) is 41.4 Å². The standard InChI is InChI=1S/C18H16N2O3S/c1-11-13(3-2-7-19-11)12-4-5-16-14(9-12)15-10-20(18(21)22)24-17(15)6-8-23-16/h2-5,7,9H,6,8,10H2,1H3,(H,21,22). The Morgan fingerprint density at radius 3 is 3.00 bits per heavy atom. The highest BCUT2D eigenvalue weighted by Gasteiger charge is 2.31. The van der Waals surface area contributed by atoms with Gasteiger partial charge in [-0.15, -0.1) is 0 Å². The number of aromatic nitrogens is 1. The van der Waals surface area contributed by atoms with Gasteiger partial charge in [0.2, 0.25) is 0 Å². The molecule has 2 aromatic rings. The van der Waals surface area contributed by atoms with Crippen LogP contribution in [0.1, 0.15) is 17.7 Å². The van der Waals surface area contributed by atoms with E-state index in [0.717, 1.165) is 45.0 Å². The van der Waals surface area contributed by atoms with Crippen LogP contribution < -0.4 is 4.74 Å². The number of benzene rings is 1. The Balaban J connectivity index is 1.81. The molecule has 1 aromatic carbocycles. The lowest BCUT2D eigenvalue weighted by Crippen LogP contribution is -2.20. The summed E-state index contributed by atoms with van der Waals surface area (Å²) in [6.45, 7) is 2.94. The van der Waals surface area contributed by atoms with Crippen molar-refractivity contribution in [2.24, 2.45) is 0 Å². The van der Waals surface area contributed by atoms with Gasteiger partial charge >= 0.3 is 6.09 Å². The first-order chi connectivity index (χ1) is 11.6. The number of ether oxygens (including phenoxy) is 1. The molecule has 1 N–H and O–H groups in total. The summed E-state index contributed by atoms with van der Waals surface area (Å²) < 4.78 is 7.24. The number of carboxylic acid groups (broad SMARTS) is 1. The van der Waals surface area contributed by atoms with Crippen molar-refractivity contribution in [2.75, 3.05) is 13.2 Å². The summed E-state index contributed by atoms with van der Waals surface area (Å²) in [5, 5.41) is 9.29. The van der Waals surface area contributed by atoms with E-state index in [4.69, 9.17) is 4.74 Å². The van der Waals surface area contributed by atoms with Gasteiger partial charge in [0, 0.05) is 34.3 Å². The molecule has 0 fully saturated rings. The fraction of sp³-hybridized carbons (Fsp3) is 0.222. The molecule has 1 aromatic heterocycles. The summed E-state index contributed by atoms with van der Waals surface area (Å²) in [5.41, 5.74) is 5.15. The molecule has 0 saturated carbocycles. The van der Waals surface area contributed by atoms with Crippen molar-refractivity contribution in [1.29, 1.82) is 0 Å². The Morgan fingerprint density at radius 2 is 2.21 bits per heavy atom. The van der Waals surface area contributed by atoms with Gasteiger partial charge in [-0.1, -0.05) is 12.1 Å². The minimum atomic E-state index is -0.908. The monoisotopic (exact) mass is 340 g/mol. The minimum Gasteiger partial charge on any atom is -0.493 e. The smallest absolute Gasteiger partial charge is 0.417 e. The highest BCUT2D eigenvalue weighted by Crippen LogP contribution is 2.45. The Bertz CT molecular complexity index is 863. The van der Waals surface area contributed by atoms with Crippen LogP contribution >= 0.6 is 11.9 Å². The SMILES string of the molecule is Cc1ncccc1-c1ccc2c(c1)C1=C(CCO2)SN(C(=O)O)C1. The van der Waals surface area contributed by atoms with Gasteiger partial charge in [-0.2, -0.15) is 0 Å². The number of amides is 1. The van der Waals surface area contributed by atoms with Crippen LogP contribution in [0.25, 0.3) is 16.7 Å². The summed E-state index contributed by atoms with van der Waals surface area (Å²) >= 11 is 1.31. The molecule has 0 saturated heterocycles. The van der Waals surface area contributed by atoms with E-state index in [9.17, 15) is 9.90 Å². The van der Waals surface area contributed by atoms with Gasteiger partial charge in [0.25, 0.3) is 0 Å². The van der Waals surface area contributed by atoms with Crippen molar-refractivity contribution in [1.82, 2.24) is 9.29 Å². The van der Waals surface area contributed by atoms with Gasteiger partial charge in [0.15, 0.2) is 0 Å². The van der Waals surface area contributed by atoms with Crippen molar-refractivity contribution < 1.29 is 14.6 Å². The molecule has 0 aliphatic carbocycles. The predicted molar refractivity (Wildman–Crippen MR) is 93.8 cm³/mol. The number of nitrogens with zero attached hydrogens (tertiary/aromatic N) is 2. The number of rotatable bonds is 1. The number of carbonyl (C=O) groups is 1. The molecule has 0 unspecified atom stereocenters. The third-order valence-electron chi connectivity index (χ3n) is 4.28. The maximum Gasteiger partial charge on any atom is 0.417 e. The van der Waals surface area contributed by atoms with Crippen molar-refractivity contribution in [3.63, 3.8) is 0 Å². The van der Waals surface area contributed by atoms with Gasteiger partial charge in [-0.05, 0) is 48.2 Å². The average Bonchev–Trinajstić information content (AvgIpc) is 2.93. The molecule has 0 atom stereocenters. The third kappa shape index (κ3) is 2.53. The van der Waals surface area contributed by atoms with Crippen molar-refractivity contribution in [2.45, 2.75) is 13.3 Å². The van der Waals surface area contributed by atoms with Crippen molar-refractivity contribution in [3.05, 3.63) is 52.7 Å². The van der Waals surface area contributed by atoms with Crippen LogP contribution in [0.3, 0.4) is 0 Å². The zero-order valence-corrected chi connectivity index (χ0v) is 14.0. The number of fused-ring (bicyclic) bond motifs is 2. The fourth-order valence-electron chi connectivity index (χ4n) is 3.09. The van der Waals surface area contributed by atoms with Crippen LogP contribution in [0, 0.1) is 6.92 Å². The number of pyridine rings is 1. The molecular weight excluding hydrogens is 324 g/mol. The summed E-state index contributed by atoms with van der Waals surface area (Å²) in [7, 11) is 0. The molecule has 2 aliphatic heterocycles. The molecule has 0 spiro atoms. The highest BCUT2D eigenvalue weighted by molar-refractivity contribution is 8.01. The lowest BCUT2D eigenvalue weighted by Gasteiger charge is -2.15. The maximum absolute atomic E-state index is 11.3. The fourth-order valence-corrected chi connectivity index (χ4v) is 4.09. The van der Waals surface area contributed by atoms with Gasteiger partial charge in [-0.25, -0.2) is 9.10 Å². The quantitative estimate of drug-likeness (QED) is 0.789. The lowest BCUT2D eigenvalue weighted by atomic mass is 9.97. The van der Waals surface area contributed by atoms with Crippen LogP contribution in [0.4, 0.5) is 4.79 Å². The molecule has 2 aliphatic rings. The number of aryl methyl sites for hydroxylation is 1. The topological polar surface area (TPSA) is 62.7 Å². The highest BCUT2D eigenvalue weighted by atomic mass is 32.2. The Labute approximate surface area is 144 Å². The third-order valence-corrected chi connectivity index (χ3v) is 5.46. The van der Waals surface area contributed by atoms with Crippen LogP contribution in [-0.2, 0) is 0 Å². The average molecular weight is 340 g/mol. The Morgan fingerprint density at radius 1 is 1.33 bits per heavy atom. The molecular formula is C18H16N2O3S. The molecule has 122 valence electrons. The summed E-state index contributed by atoms with van der Waals surface area (Å²) in [6, 6.07) is 10.1. The molecule has 0 radical (unpaired) electrons. The van der Waals surface area contributed by atoms with Crippen molar-refractivity contribution in [3.8, 4) is 16.9 Å². The number of hydrogen-bond donors (Lipinski definition) is 1. The van der Waals surface area contributed by atoms with E-state index in [1.807, 2.05) is 31.2 Å². The Hall–Kier alpha value is -2.47. The van der Waals surface area contributed by atoms with Gasteiger partial charge in [0.1, 0.15) is 5.75 Å². The predicted octanol–water partition coefficient (Wildman–Crippen LogP) is 4.19. The first-order valence-electron chi connectivity index (χ1n) is 7.73. The number of hydrogen-bond acceptors (Lipinski definition) is 4. The zero-order valence-electron chi connectivity index (χ0n) is 13.2. The largest absolute Gasteiger partial charge is 0.493 e. The lowest BCUT2D eigenvalue weighted by molar-refractivity contribution is 0.179. The van der Waals surface area contributed by atoms with Crippen LogP contribution in [0.2, 0.25) is 0 Å². The minimum absolute atomic E-state index is 0.390. The summed E-state index contributed by atoms with van der Waals surface area (Å²) in [6.07, 6.45) is 1.61. The van der Waals surface area contributed by atoms with E-state index in [1.165, 1.54) is 16.3 Å². The van der Waals surface area contributed by atoms with E-state index >= 15 is 0 Å². The molecule has 3 heterocycles. The molecule has 4 rings (SSSR count). The molecule has 24 heavy (non-hydrogen) atoms. The zero-order chi connectivity index (χ0) is 16.7. The second-order valence-corrected chi connectivity index (χ2v) is 6.87. The van der Waals surface area contributed by atoms with Crippen LogP contribution in [0.5, 0.6) is 5.75 Å².